The van der Waals surface area contributed by atoms with Gasteiger partial charge in [-0.25, -0.2) is 4.79 Å². The zero-order valence-corrected chi connectivity index (χ0v) is 12.5. The molecule has 0 aliphatic carbocycles. The van der Waals surface area contributed by atoms with E-state index in [1.807, 2.05) is 24.3 Å². The number of carbonyl (C=O) groups is 2. The van der Waals surface area contributed by atoms with E-state index in [1.54, 1.807) is 12.1 Å². The van der Waals surface area contributed by atoms with Crippen molar-refractivity contribution in [3.8, 4) is 0 Å². The van der Waals surface area contributed by atoms with Gasteiger partial charge in [-0.3, -0.25) is 4.79 Å². The number of furan rings is 1. The fraction of sp³-hybridized carbons (Fsp3) is 0.294. The van der Waals surface area contributed by atoms with Gasteiger partial charge in [-0.15, -0.1) is 0 Å². The Bertz CT molecular complexity index is 695. The molecule has 23 heavy (non-hydrogen) atoms. The van der Waals surface area contributed by atoms with Crippen LogP contribution in [0.15, 0.2) is 47.1 Å². The van der Waals surface area contributed by atoms with Crippen LogP contribution in [-0.2, 0) is 22.5 Å². The second kappa shape index (κ2) is 6.66. The average molecular weight is 315 g/mol. The van der Waals surface area contributed by atoms with E-state index in [4.69, 9.17) is 14.3 Å². The van der Waals surface area contributed by atoms with Crippen LogP contribution in [0.3, 0.4) is 0 Å². The summed E-state index contributed by atoms with van der Waals surface area (Å²) >= 11 is 0. The molecule has 6 heteroatoms. The standard InChI is InChI=1S/C17H17NO5/c19-7-9-23-17(21)14-10-12-4-1-2-5-13(12)11-18(14)16(20)15-6-3-8-22-15/h1-6,8,14,19H,7,9-11H2/t14-/m0/s1. The van der Waals surface area contributed by atoms with Crippen molar-refractivity contribution < 1.29 is 23.8 Å². The lowest BCUT2D eigenvalue weighted by Gasteiger charge is -2.34. The van der Waals surface area contributed by atoms with Gasteiger partial charge in [-0.05, 0) is 23.3 Å². The number of hydrogen-bond donors (Lipinski definition) is 1. The number of hydrogen-bond acceptors (Lipinski definition) is 5. The van der Waals surface area contributed by atoms with E-state index in [2.05, 4.69) is 0 Å². The second-order valence-electron chi connectivity index (χ2n) is 5.29. The highest BCUT2D eigenvalue weighted by Gasteiger charge is 2.36. The normalized spacial score (nSPS) is 16.7. The Morgan fingerprint density at radius 2 is 2.00 bits per heavy atom. The molecule has 1 aliphatic rings. The Hall–Kier alpha value is -2.60. The minimum atomic E-state index is -0.728. The average Bonchev–Trinajstić information content (AvgIpc) is 3.12. The molecule has 1 aromatic carbocycles. The summed E-state index contributed by atoms with van der Waals surface area (Å²) in [6.45, 7) is -0.0183. The molecule has 1 N–H and O–H groups in total. The lowest BCUT2D eigenvalue weighted by Crippen LogP contribution is -2.49. The van der Waals surface area contributed by atoms with Crippen molar-refractivity contribution in [2.75, 3.05) is 13.2 Å². The molecule has 6 nitrogen and oxygen atoms in total. The molecule has 0 unspecified atom stereocenters. The largest absolute Gasteiger partial charge is 0.462 e. The molecule has 1 aliphatic heterocycles. The predicted octanol–water partition coefficient (Wildman–Crippen LogP) is 1.38. The summed E-state index contributed by atoms with van der Waals surface area (Å²) in [5.74, 6) is -0.687. The van der Waals surface area contributed by atoms with E-state index in [9.17, 15) is 9.59 Å². The van der Waals surface area contributed by atoms with Crippen molar-refractivity contribution in [3.05, 3.63) is 59.5 Å². The maximum atomic E-state index is 12.6. The first-order chi connectivity index (χ1) is 11.2. The first-order valence-electron chi connectivity index (χ1n) is 7.39. The predicted molar refractivity (Wildman–Crippen MR) is 80.6 cm³/mol. The van der Waals surface area contributed by atoms with Gasteiger partial charge >= 0.3 is 5.97 Å². The van der Waals surface area contributed by atoms with Gasteiger partial charge in [0.2, 0.25) is 0 Å². The SMILES string of the molecule is O=C(OCCO)[C@@H]1Cc2ccccc2CN1C(=O)c1ccco1. The van der Waals surface area contributed by atoms with Crippen LogP contribution in [0.5, 0.6) is 0 Å². The molecule has 0 radical (unpaired) electrons. The van der Waals surface area contributed by atoms with Crippen LogP contribution in [0.1, 0.15) is 21.7 Å². The van der Waals surface area contributed by atoms with Gasteiger partial charge in [0.15, 0.2) is 5.76 Å². The van der Waals surface area contributed by atoms with Crippen molar-refractivity contribution >= 4 is 11.9 Å². The fourth-order valence-electron chi connectivity index (χ4n) is 2.73. The third kappa shape index (κ3) is 3.12. The molecule has 0 spiro atoms. The molecule has 0 saturated heterocycles. The minimum absolute atomic E-state index is 0.0836. The maximum absolute atomic E-state index is 12.6. The molecule has 2 aromatic rings. The Labute approximate surface area is 133 Å². The first kappa shape index (κ1) is 15.3. The smallest absolute Gasteiger partial charge is 0.329 e. The Balaban J connectivity index is 1.89. The summed E-state index contributed by atoms with van der Waals surface area (Å²) < 4.78 is 10.2. The van der Waals surface area contributed by atoms with Gasteiger partial charge in [0.1, 0.15) is 12.6 Å². The lowest BCUT2D eigenvalue weighted by atomic mass is 9.93. The molecule has 1 aromatic heterocycles. The highest BCUT2D eigenvalue weighted by molar-refractivity contribution is 5.95. The number of nitrogens with zero attached hydrogens (tertiary/aromatic N) is 1. The van der Waals surface area contributed by atoms with Crippen LogP contribution in [0, 0.1) is 0 Å². The van der Waals surface area contributed by atoms with Crippen LogP contribution in [0.2, 0.25) is 0 Å². The number of ether oxygens (including phenoxy) is 1. The van der Waals surface area contributed by atoms with E-state index in [1.165, 1.54) is 11.2 Å². The molecule has 0 saturated carbocycles. The molecule has 1 atom stereocenters. The zero-order chi connectivity index (χ0) is 16.2. The summed E-state index contributed by atoms with van der Waals surface area (Å²) in [5.41, 5.74) is 2.01. The van der Waals surface area contributed by atoms with Crippen LogP contribution in [0.4, 0.5) is 0 Å². The van der Waals surface area contributed by atoms with Crippen LogP contribution in [-0.4, -0.2) is 41.1 Å². The molecule has 3 rings (SSSR count). The first-order valence-corrected chi connectivity index (χ1v) is 7.39. The van der Waals surface area contributed by atoms with Gasteiger partial charge in [0.05, 0.1) is 12.9 Å². The summed E-state index contributed by atoms with van der Waals surface area (Å²) in [6.07, 6.45) is 1.80. The summed E-state index contributed by atoms with van der Waals surface area (Å²) in [4.78, 5) is 26.4. The van der Waals surface area contributed by atoms with E-state index in [-0.39, 0.29) is 24.9 Å². The molecule has 2 heterocycles. The molecule has 0 bridgehead atoms. The van der Waals surface area contributed by atoms with Crippen molar-refractivity contribution in [1.29, 1.82) is 0 Å². The number of benzene rings is 1. The van der Waals surface area contributed by atoms with Crippen LogP contribution < -0.4 is 0 Å². The zero-order valence-electron chi connectivity index (χ0n) is 12.5. The van der Waals surface area contributed by atoms with Gasteiger partial charge in [0.25, 0.3) is 5.91 Å². The van der Waals surface area contributed by atoms with Crippen LogP contribution in [0.25, 0.3) is 0 Å². The fourth-order valence-corrected chi connectivity index (χ4v) is 2.73. The topological polar surface area (TPSA) is 80.0 Å². The highest BCUT2D eigenvalue weighted by atomic mass is 16.5. The van der Waals surface area contributed by atoms with Crippen molar-refractivity contribution in [1.82, 2.24) is 4.90 Å². The number of carbonyl (C=O) groups excluding carboxylic acids is 2. The van der Waals surface area contributed by atoms with E-state index in [0.29, 0.717) is 13.0 Å². The van der Waals surface area contributed by atoms with Crippen molar-refractivity contribution in [3.63, 3.8) is 0 Å². The molecule has 0 fully saturated rings. The van der Waals surface area contributed by atoms with Crippen molar-refractivity contribution in [2.45, 2.75) is 19.0 Å². The van der Waals surface area contributed by atoms with Gasteiger partial charge in [0, 0.05) is 13.0 Å². The van der Waals surface area contributed by atoms with E-state index in [0.717, 1.165) is 11.1 Å². The number of esters is 1. The highest BCUT2D eigenvalue weighted by Crippen LogP contribution is 2.25. The monoisotopic (exact) mass is 315 g/mol. The molecular weight excluding hydrogens is 298 g/mol. The third-order valence-electron chi connectivity index (χ3n) is 3.85. The van der Waals surface area contributed by atoms with E-state index >= 15 is 0 Å². The second-order valence-corrected chi connectivity index (χ2v) is 5.29. The number of amides is 1. The molecule has 120 valence electrons. The van der Waals surface area contributed by atoms with Crippen molar-refractivity contribution in [2.24, 2.45) is 0 Å². The number of rotatable bonds is 4. The van der Waals surface area contributed by atoms with Crippen LogP contribution >= 0.6 is 0 Å². The number of fused-ring (bicyclic) bond motifs is 1. The number of aliphatic hydroxyl groups is 1. The summed E-state index contributed by atoms with van der Waals surface area (Å²) in [5, 5.41) is 8.82. The Morgan fingerprint density at radius 3 is 2.70 bits per heavy atom. The third-order valence-corrected chi connectivity index (χ3v) is 3.85. The summed E-state index contributed by atoms with van der Waals surface area (Å²) in [7, 11) is 0. The van der Waals surface area contributed by atoms with Gasteiger partial charge in [-0.2, -0.15) is 0 Å². The molecular formula is C17H17NO5. The quantitative estimate of drug-likeness (QED) is 0.862. The van der Waals surface area contributed by atoms with Gasteiger partial charge in [-0.1, -0.05) is 24.3 Å². The Kier molecular flexibility index (Phi) is 4.43. The van der Waals surface area contributed by atoms with Gasteiger partial charge < -0.3 is 19.2 Å². The molecule has 1 amide bonds. The minimum Gasteiger partial charge on any atom is -0.462 e. The maximum Gasteiger partial charge on any atom is 0.329 e. The summed E-state index contributed by atoms with van der Waals surface area (Å²) in [6, 6.07) is 10.2. The number of aliphatic hydroxyl groups excluding tert-OH is 1. The Morgan fingerprint density at radius 1 is 1.22 bits per heavy atom. The van der Waals surface area contributed by atoms with E-state index < -0.39 is 12.0 Å². The lowest BCUT2D eigenvalue weighted by molar-refractivity contribution is -0.150.